The fourth-order valence-electron chi connectivity index (χ4n) is 1.51. The van der Waals surface area contributed by atoms with Gasteiger partial charge in [0.1, 0.15) is 6.54 Å². The lowest BCUT2D eigenvalue weighted by Crippen LogP contribution is -2.32. The number of hydrogen-bond donors (Lipinski definition) is 0. The molecule has 1 aromatic carbocycles. The zero-order valence-corrected chi connectivity index (χ0v) is 8.70. The van der Waals surface area contributed by atoms with Crippen molar-refractivity contribution < 1.29 is 4.48 Å². The molecule has 1 nitrogen and oxygen atoms in total. The van der Waals surface area contributed by atoms with Gasteiger partial charge < -0.3 is 0 Å². The molecule has 0 atom stereocenters. The maximum atomic E-state index is 2.20. The van der Waals surface area contributed by atoms with Crippen molar-refractivity contribution in [3.63, 3.8) is 0 Å². The van der Waals surface area contributed by atoms with E-state index in [1.165, 1.54) is 5.56 Å². The Morgan fingerprint density at radius 2 is 1.77 bits per heavy atom. The molecule has 0 spiro atoms. The predicted octanol–water partition coefficient (Wildman–Crippen LogP) is 2.80. The van der Waals surface area contributed by atoms with Gasteiger partial charge in [-0.15, -0.1) is 0 Å². The number of nitrogens with zero attached hydrogens (tertiary/aromatic N) is 1. The van der Waals surface area contributed by atoms with Crippen molar-refractivity contribution in [3.8, 4) is 0 Å². The van der Waals surface area contributed by atoms with Crippen molar-refractivity contribution in [2.24, 2.45) is 0 Å². The molecule has 0 radical (unpaired) electrons. The van der Waals surface area contributed by atoms with Crippen molar-refractivity contribution in [2.75, 3.05) is 14.1 Å². The number of benzene rings is 1. The van der Waals surface area contributed by atoms with Gasteiger partial charge in [-0.25, -0.2) is 0 Å². The first-order valence-corrected chi connectivity index (χ1v) is 4.64. The molecule has 0 fully saturated rings. The van der Waals surface area contributed by atoms with Crippen LogP contribution in [0.2, 0.25) is 0 Å². The fourth-order valence-corrected chi connectivity index (χ4v) is 1.51. The average Bonchev–Trinajstić information content (AvgIpc) is 2.04. The van der Waals surface area contributed by atoms with Gasteiger partial charge in [0.25, 0.3) is 0 Å². The Balaban J connectivity index is 2.69. The molecule has 0 amide bonds. The largest absolute Gasteiger partial charge is 0.299 e. The molecule has 0 heterocycles. The molecule has 0 aliphatic heterocycles. The van der Waals surface area contributed by atoms with Crippen LogP contribution in [0.3, 0.4) is 0 Å². The van der Waals surface area contributed by atoms with Crippen molar-refractivity contribution in [1.29, 1.82) is 0 Å². The van der Waals surface area contributed by atoms with Crippen LogP contribution in [-0.4, -0.2) is 18.6 Å². The molecule has 0 saturated carbocycles. The Morgan fingerprint density at radius 3 is 2.31 bits per heavy atom. The van der Waals surface area contributed by atoms with E-state index in [2.05, 4.69) is 63.6 Å². The first-order chi connectivity index (χ1) is 6.14. The minimum absolute atomic E-state index is 0.903. The Hall–Kier alpha value is -1.08. The lowest BCUT2D eigenvalue weighted by atomic mass is 10.2. The minimum Gasteiger partial charge on any atom is -0.299 e. The van der Waals surface area contributed by atoms with Gasteiger partial charge in [0, 0.05) is 5.56 Å². The van der Waals surface area contributed by atoms with E-state index in [1.807, 2.05) is 0 Å². The van der Waals surface area contributed by atoms with Crippen LogP contribution in [-0.2, 0) is 6.54 Å². The topological polar surface area (TPSA) is 0 Å². The van der Waals surface area contributed by atoms with E-state index in [9.17, 15) is 0 Å². The highest BCUT2D eigenvalue weighted by atomic mass is 15.3. The Morgan fingerprint density at radius 1 is 1.15 bits per heavy atom. The second-order valence-electron chi connectivity index (χ2n) is 3.90. The van der Waals surface area contributed by atoms with E-state index in [-0.39, 0.29) is 0 Å². The summed E-state index contributed by atoms with van der Waals surface area (Å²) >= 11 is 0. The summed E-state index contributed by atoms with van der Waals surface area (Å²) in [7, 11) is 4.40. The molecule has 0 bridgehead atoms. The molecule has 0 saturated heterocycles. The molecule has 0 N–H and O–H groups in total. The summed E-state index contributed by atoms with van der Waals surface area (Å²) in [5, 5.41) is 0. The standard InChI is InChI=1S/C12H18N/c1-4-10-13(2,3)11-12-8-6-5-7-9-12/h4-10H,11H2,1-3H3/q+1. The average molecular weight is 176 g/mol. The van der Waals surface area contributed by atoms with Crippen LogP contribution in [0.1, 0.15) is 12.5 Å². The molecule has 1 heteroatoms. The molecule has 13 heavy (non-hydrogen) atoms. The quantitative estimate of drug-likeness (QED) is 0.621. The van der Waals surface area contributed by atoms with E-state index >= 15 is 0 Å². The smallest absolute Gasteiger partial charge is 0.108 e. The van der Waals surface area contributed by atoms with Gasteiger partial charge in [0.2, 0.25) is 0 Å². The summed E-state index contributed by atoms with van der Waals surface area (Å²) < 4.78 is 0.903. The SMILES string of the molecule is CC=C[N+](C)(C)Cc1ccccc1. The summed E-state index contributed by atoms with van der Waals surface area (Å²) in [5.41, 5.74) is 1.38. The molecule has 1 rings (SSSR count). The summed E-state index contributed by atoms with van der Waals surface area (Å²) in [5.74, 6) is 0. The van der Waals surface area contributed by atoms with Gasteiger partial charge in [0.15, 0.2) is 0 Å². The Bertz CT molecular complexity index is 272. The Labute approximate surface area is 80.9 Å². The van der Waals surface area contributed by atoms with Crippen molar-refractivity contribution in [1.82, 2.24) is 0 Å². The summed E-state index contributed by atoms with van der Waals surface area (Å²) in [6.07, 6.45) is 4.30. The van der Waals surface area contributed by atoms with Crippen LogP contribution < -0.4 is 0 Å². The van der Waals surface area contributed by atoms with Gasteiger partial charge in [-0.05, 0) is 13.0 Å². The Kier molecular flexibility index (Phi) is 3.26. The van der Waals surface area contributed by atoms with Crippen LogP contribution in [0.25, 0.3) is 0 Å². The second kappa shape index (κ2) is 4.24. The summed E-state index contributed by atoms with van der Waals surface area (Å²) in [4.78, 5) is 0. The maximum absolute atomic E-state index is 2.20. The molecule has 0 aromatic heterocycles. The molecule has 0 aliphatic carbocycles. The van der Waals surface area contributed by atoms with Crippen LogP contribution in [0.15, 0.2) is 42.6 Å². The van der Waals surface area contributed by atoms with Gasteiger partial charge >= 0.3 is 0 Å². The highest BCUT2D eigenvalue weighted by molar-refractivity contribution is 5.13. The van der Waals surface area contributed by atoms with Crippen LogP contribution in [0.4, 0.5) is 0 Å². The van der Waals surface area contributed by atoms with Crippen LogP contribution in [0, 0.1) is 0 Å². The van der Waals surface area contributed by atoms with Crippen molar-refractivity contribution in [3.05, 3.63) is 48.2 Å². The highest BCUT2D eigenvalue weighted by Crippen LogP contribution is 2.09. The van der Waals surface area contributed by atoms with E-state index in [1.54, 1.807) is 0 Å². The number of hydrogen-bond acceptors (Lipinski definition) is 0. The first kappa shape index (κ1) is 10.0. The monoisotopic (exact) mass is 176 g/mol. The summed E-state index contributed by atoms with van der Waals surface area (Å²) in [6, 6.07) is 10.6. The predicted molar refractivity (Wildman–Crippen MR) is 57.1 cm³/mol. The lowest BCUT2D eigenvalue weighted by Gasteiger charge is -2.24. The van der Waals surface area contributed by atoms with Crippen molar-refractivity contribution in [2.45, 2.75) is 13.5 Å². The molecule has 0 unspecified atom stereocenters. The molecule has 70 valence electrons. The fraction of sp³-hybridized carbons (Fsp3) is 0.333. The van der Waals surface area contributed by atoms with E-state index < -0.39 is 0 Å². The number of quaternary nitrogens is 1. The zero-order valence-electron chi connectivity index (χ0n) is 8.70. The molecule has 0 aliphatic rings. The molecular formula is C12H18N+. The third kappa shape index (κ3) is 3.43. The van der Waals surface area contributed by atoms with Crippen molar-refractivity contribution >= 4 is 0 Å². The van der Waals surface area contributed by atoms with E-state index in [0.29, 0.717) is 0 Å². The van der Waals surface area contributed by atoms with Gasteiger partial charge in [0.05, 0.1) is 20.3 Å². The third-order valence-corrected chi connectivity index (χ3v) is 1.99. The van der Waals surface area contributed by atoms with E-state index in [4.69, 9.17) is 0 Å². The van der Waals surface area contributed by atoms with Gasteiger partial charge in [-0.1, -0.05) is 30.3 Å². The molecule has 1 aromatic rings. The van der Waals surface area contributed by atoms with Crippen LogP contribution in [0.5, 0.6) is 0 Å². The zero-order chi connectivity index (χ0) is 9.73. The summed E-state index contributed by atoms with van der Waals surface area (Å²) in [6.45, 7) is 3.11. The lowest BCUT2D eigenvalue weighted by molar-refractivity contribution is -0.852. The highest BCUT2D eigenvalue weighted by Gasteiger charge is 2.10. The number of allylic oxidation sites excluding steroid dienone is 1. The molecular weight excluding hydrogens is 158 g/mol. The first-order valence-electron chi connectivity index (χ1n) is 4.64. The normalized spacial score (nSPS) is 12.2. The van der Waals surface area contributed by atoms with Crippen LogP contribution >= 0.6 is 0 Å². The maximum Gasteiger partial charge on any atom is 0.108 e. The van der Waals surface area contributed by atoms with Gasteiger partial charge in [-0.3, -0.25) is 4.48 Å². The second-order valence-corrected chi connectivity index (χ2v) is 3.90. The third-order valence-electron chi connectivity index (χ3n) is 1.99. The van der Waals surface area contributed by atoms with E-state index in [0.717, 1.165) is 11.0 Å². The van der Waals surface area contributed by atoms with Gasteiger partial charge in [-0.2, -0.15) is 0 Å². The minimum atomic E-state index is 0.903. The number of rotatable bonds is 3.